The summed E-state index contributed by atoms with van der Waals surface area (Å²) in [6.07, 6.45) is -90.0. The molecule has 6 amide bonds. The Hall–Kier alpha value is -7.11. The summed E-state index contributed by atoms with van der Waals surface area (Å²) in [6, 6.07) is 4.83. The number of ether oxygens (including phenoxy) is 18. The number of rotatable bonds is 36. The standard InChI is InChI=1S/C81H120N6O50/c1-24(96)82-44-53(106)64(38(18-92)122-71(44)87-43(100)13-33(72(117)118)86-81(119)121-22-32-30-11-7-5-9-28(30)29-10-6-8-12-31(29)32)131-73-45(83-25(2)97)54(107)67(41(21-95)127-73)134-78-63(116)68(135-80-70(60(113)51(104)37(17-91)126-80)137-75-47(85-27(4)99)56(109)66(40(20-94)129-75)133-77-62(115)58(111)49(102)35(15-89)124-77)52(105)42(130-78)23-120-79-69(59(112)50(103)36(16-90)125-79)136-74-46(84-26(3)98)55(108)65(39(19-93)128-74)132-76-61(114)57(110)48(101)34(14-88)123-76/h5-12,32-42,44-71,73-80,88-95,101-116H,13-23H2,1-4H3,(H,82,96)(H,83,97)(H,84,98)(H,85,99)(H,86,119)(H,87,100)(H,117,118)/t33?,34?,35?,36?,37?,38?,39-,40?,41?,42?,44?,45?,46?,47?,48+,49+,50+,51+,52+,53-,54-,55?,56-,57+,58+,59+,60?,61?,62?,63?,64+,65-,66+,67+,68+,69?,70?,71-,73+,74-,75+,76+,77+,78+,79-,80+/m1/s1. The van der Waals surface area contributed by atoms with Crippen molar-refractivity contribution in [1.29, 1.82) is 0 Å². The molecule has 56 heteroatoms. The Morgan fingerprint density at radius 3 is 1.01 bits per heavy atom. The van der Waals surface area contributed by atoms with Gasteiger partial charge in [0.2, 0.25) is 29.5 Å². The first kappa shape index (κ1) is 109. The Morgan fingerprint density at radius 1 is 0.307 bits per heavy atom. The molecule has 0 radical (unpaired) electrons. The van der Waals surface area contributed by atoms with Gasteiger partial charge < -0.3 is 245 Å². The van der Waals surface area contributed by atoms with Crippen molar-refractivity contribution >= 4 is 41.6 Å². The minimum absolute atomic E-state index is 0.261. The lowest BCUT2D eigenvalue weighted by Gasteiger charge is -2.51. The van der Waals surface area contributed by atoms with E-state index in [2.05, 4.69) is 31.9 Å². The lowest BCUT2D eigenvalue weighted by Crippen LogP contribution is -2.72. The molecule has 137 heavy (non-hydrogen) atoms. The zero-order valence-corrected chi connectivity index (χ0v) is 73.4. The van der Waals surface area contributed by atoms with Gasteiger partial charge >= 0.3 is 12.1 Å². The Bertz CT molecular complexity index is 4250. The summed E-state index contributed by atoms with van der Waals surface area (Å²) in [7, 11) is 0. The molecule has 774 valence electrons. The Morgan fingerprint density at radius 2 is 0.620 bits per heavy atom. The van der Waals surface area contributed by atoms with Crippen LogP contribution in [0.1, 0.15) is 51.2 Å². The van der Waals surface area contributed by atoms with Crippen LogP contribution in [0.5, 0.6) is 0 Å². The second-order valence-corrected chi connectivity index (χ2v) is 34.3. The number of carboxylic acids is 1. The predicted molar refractivity (Wildman–Crippen MR) is 434 cm³/mol. The first-order valence-corrected chi connectivity index (χ1v) is 43.7. The van der Waals surface area contributed by atoms with Crippen molar-refractivity contribution in [3.05, 3.63) is 59.7 Å². The van der Waals surface area contributed by atoms with Crippen LogP contribution in [-0.4, -0.2) is 517 Å². The second kappa shape index (κ2) is 47.9. The lowest BCUT2D eigenvalue weighted by atomic mass is 9.93. The molecule has 56 nitrogen and oxygen atoms in total. The van der Waals surface area contributed by atoms with Gasteiger partial charge in [-0.05, 0) is 22.3 Å². The highest BCUT2D eigenvalue weighted by Crippen LogP contribution is 2.46. The Labute approximate surface area is 776 Å². The normalized spacial score (nSPS) is 42.6. The van der Waals surface area contributed by atoms with Crippen LogP contribution in [-0.2, 0) is 114 Å². The molecule has 0 aromatic heterocycles. The molecule has 9 aliphatic heterocycles. The third-order valence-corrected chi connectivity index (χ3v) is 25.0. The number of aliphatic carboxylic acids is 1. The molecule has 0 spiro atoms. The molecule has 2 aromatic rings. The maximum absolute atomic E-state index is 13.9. The average Bonchev–Trinajstić information content (AvgIpc) is 1.74. The van der Waals surface area contributed by atoms with E-state index in [4.69, 9.17) is 85.3 Å². The van der Waals surface area contributed by atoms with Crippen molar-refractivity contribution in [1.82, 2.24) is 31.9 Å². The number of alkyl carbamates (subject to hydrolysis) is 1. The number of fused-ring (bicyclic) bond motifs is 3. The van der Waals surface area contributed by atoms with E-state index < -0.39 is 395 Å². The number of amides is 6. The van der Waals surface area contributed by atoms with Gasteiger partial charge in [0, 0.05) is 33.6 Å². The monoisotopic (exact) mass is 1980 g/mol. The summed E-state index contributed by atoms with van der Waals surface area (Å²) in [5.74, 6) is -7.28. The highest BCUT2D eigenvalue weighted by molar-refractivity contribution is 5.87. The van der Waals surface area contributed by atoms with Gasteiger partial charge in [0.15, 0.2) is 56.5 Å². The number of aliphatic hydroxyl groups is 24. The highest BCUT2D eigenvalue weighted by atomic mass is 16.8. The summed E-state index contributed by atoms with van der Waals surface area (Å²) in [5, 5.41) is 295. The van der Waals surface area contributed by atoms with Crippen LogP contribution in [0, 0.1) is 0 Å². The summed E-state index contributed by atoms with van der Waals surface area (Å²) in [4.78, 5) is 92.2. The van der Waals surface area contributed by atoms with Crippen LogP contribution in [0.2, 0.25) is 0 Å². The van der Waals surface area contributed by atoms with E-state index in [1.807, 2.05) is 36.4 Å². The number of nitrogens with one attached hydrogen (secondary N) is 6. The topological polar surface area (TPSA) is 864 Å². The van der Waals surface area contributed by atoms with Crippen molar-refractivity contribution < 1.29 is 246 Å². The Kier molecular flexibility index (Phi) is 38.0. The molecule has 20 unspecified atom stereocenters. The van der Waals surface area contributed by atoms with Crippen molar-refractivity contribution in [2.75, 3.05) is 66.1 Å². The molecule has 0 bridgehead atoms. The third kappa shape index (κ3) is 24.2. The van der Waals surface area contributed by atoms with Gasteiger partial charge in [0.05, 0.1) is 65.9 Å². The molecular formula is C81H120N6O50. The van der Waals surface area contributed by atoms with Crippen molar-refractivity contribution in [3.63, 3.8) is 0 Å². The first-order chi connectivity index (χ1) is 65.1. The van der Waals surface area contributed by atoms with Gasteiger partial charge in [-0.2, -0.15) is 0 Å². The van der Waals surface area contributed by atoms with E-state index in [0.29, 0.717) is 0 Å². The number of carbonyl (C=O) groups excluding carboxylic acids is 6. The molecule has 12 rings (SSSR count). The van der Waals surface area contributed by atoms with Crippen LogP contribution in [0.4, 0.5) is 4.79 Å². The molecule has 9 heterocycles. The molecule has 9 saturated heterocycles. The van der Waals surface area contributed by atoms with E-state index in [9.17, 15) is 161 Å². The lowest BCUT2D eigenvalue weighted by molar-refractivity contribution is -0.398. The van der Waals surface area contributed by atoms with Gasteiger partial charge in [-0.3, -0.25) is 24.0 Å². The van der Waals surface area contributed by atoms with Crippen LogP contribution in [0.25, 0.3) is 11.1 Å². The van der Waals surface area contributed by atoms with Crippen molar-refractivity contribution in [3.8, 4) is 11.1 Å². The number of carboxylic acid groups (broad SMARTS) is 1. The number of carbonyl (C=O) groups is 7. The maximum Gasteiger partial charge on any atom is 0.407 e. The highest BCUT2D eigenvalue weighted by Gasteiger charge is 2.62. The van der Waals surface area contributed by atoms with Crippen LogP contribution >= 0.6 is 0 Å². The van der Waals surface area contributed by atoms with Gasteiger partial charge in [0.25, 0.3) is 0 Å². The zero-order chi connectivity index (χ0) is 99.9. The van der Waals surface area contributed by atoms with Crippen LogP contribution in [0.15, 0.2) is 48.5 Å². The largest absolute Gasteiger partial charge is 0.480 e. The van der Waals surface area contributed by atoms with E-state index in [1.54, 1.807) is 12.1 Å². The van der Waals surface area contributed by atoms with Gasteiger partial charge in [-0.1, -0.05) is 48.5 Å². The fraction of sp³-hybridized carbons (Fsp3) is 0.765. The number of aliphatic hydroxyl groups excluding tert-OH is 24. The smallest absolute Gasteiger partial charge is 0.407 e. The van der Waals surface area contributed by atoms with Crippen LogP contribution in [0.3, 0.4) is 0 Å². The van der Waals surface area contributed by atoms with Gasteiger partial charge in [0.1, 0.15) is 232 Å². The first-order valence-electron chi connectivity index (χ1n) is 43.7. The quantitative estimate of drug-likeness (QED) is 0.0301. The molecule has 31 N–H and O–H groups in total. The van der Waals surface area contributed by atoms with E-state index in [0.717, 1.165) is 49.9 Å². The summed E-state index contributed by atoms with van der Waals surface area (Å²) < 4.78 is 108. The van der Waals surface area contributed by atoms with E-state index in [-0.39, 0.29) is 6.61 Å². The second-order valence-electron chi connectivity index (χ2n) is 34.3. The maximum atomic E-state index is 13.9. The van der Waals surface area contributed by atoms with Crippen LogP contribution < -0.4 is 31.9 Å². The summed E-state index contributed by atoms with van der Waals surface area (Å²) in [6.45, 7) is -6.91. The molecule has 9 fully saturated rings. The average molecular weight is 1980 g/mol. The molecule has 0 saturated carbocycles. The van der Waals surface area contributed by atoms with Crippen molar-refractivity contribution in [2.24, 2.45) is 0 Å². The third-order valence-electron chi connectivity index (χ3n) is 25.0. The fourth-order valence-corrected chi connectivity index (χ4v) is 18.0. The van der Waals surface area contributed by atoms with Crippen molar-refractivity contribution in [2.45, 2.75) is 322 Å². The minimum Gasteiger partial charge on any atom is -0.480 e. The minimum atomic E-state index is -2.65. The molecule has 1 aliphatic carbocycles. The molecule has 46 atom stereocenters. The zero-order valence-electron chi connectivity index (χ0n) is 73.4. The number of hydrogen-bond acceptors (Lipinski definition) is 49. The molecular weight excluding hydrogens is 1860 g/mol. The number of hydrogen-bond donors (Lipinski definition) is 31. The van der Waals surface area contributed by atoms with Gasteiger partial charge in [-0.25, -0.2) is 9.59 Å². The Balaban J connectivity index is 0.821. The SMILES string of the molecule is CC(=O)NC1C(O)[C@H](O[C@@H]2OC(CO)[C@H](O)[C@H](O)C2O)[C@@H](CO)O[C@@H]1OC1[C@H](OCC2O[C@@H](O[C@H]3C(CO)O[C@@H](O[C@H]4C(CO)O[C@@H](NC(=O)CC(NC(=O)OCC5c6ccccc6-c6ccccc65)C(=O)O)C(NC(C)=O)[C@H]4O)C(NC(C)=O)[C@H]3O)C(O)[C@@H](O[C@@H]3OC(CO)[C@H](O)C(O)C3O[C@@H]3OC(CO)[C@H](O[C@@H]4OC(CO)[C@H](O)[C@H](O)C4O)[C@H](O)C3NC(C)=O)[C@H]2O)OC(CO)[C@H](O)[C@@H]1O. The van der Waals surface area contributed by atoms with E-state index >= 15 is 0 Å². The molecule has 2 aromatic carbocycles. The molecule has 10 aliphatic rings. The summed E-state index contributed by atoms with van der Waals surface area (Å²) in [5.41, 5.74) is 3.41. The van der Waals surface area contributed by atoms with E-state index in [1.165, 1.54) is 0 Å². The fourth-order valence-electron chi connectivity index (χ4n) is 18.0. The van der Waals surface area contributed by atoms with Gasteiger partial charge in [-0.15, -0.1) is 0 Å². The number of benzene rings is 2. The predicted octanol–water partition coefficient (Wildman–Crippen LogP) is -17.5. The summed E-state index contributed by atoms with van der Waals surface area (Å²) >= 11 is 0.